The number of halogens is 1. The molecule has 1 atom stereocenters. The molecule has 0 unspecified atom stereocenters. The van der Waals surface area contributed by atoms with Crippen molar-refractivity contribution >= 4 is 29.1 Å². The Morgan fingerprint density at radius 2 is 2.00 bits per heavy atom. The average molecular weight is 281 g/mol. The van der Waals surface area contributed by atoms with Gasteiger partial charge in [0, 0.05) is 29.7 Å². The fourth-order valence-corrected chi connectivity index (χ4v) is 2.28. The van der Waals surface area contributed by atoms with Crippen LogP contribution in [0.25, 0.3) is 0 Å². The molecule has 0 saturated carbocycles. The first kappa shape index (κ1) is 13.9. The van der Waals surface area contributed by atoms with Gasteiger partial charge < -0.3 is 10.2 Å². The zero-order valence-electron chi connectivity index (χ0n) is 11.0. The van der Waals surface area contributed by atoms with E-state index in [4.69, 9.17) is 11.6 Å². The fourth-order valence-electron chi connectivity index (χ4n) is 2.16. The number of hydrogen-bond acceptors (Lipinski definition) is 2. The highest BCUT2D eigenvalue weighted by Gasteiger charge is 2.35. The molecule has 0 spiro atoms. The first-order valence-corrected chi connectivity index (χ1v) is 6.71. The van der Waals surface area contributed by atoms with E-state index in [1.165, 1.54) is 0 Å². The van der Waals surface area contributed by atoms with Gasteiger partial charge in [0.2, 0.25) is 11.8 Å². The number of carbonyl (C=O) groups is 2. The second kappa shape index (κ2) is 5.61. The van der Waals surface area contributed by atoms with Crippen molar-refractivity contribution in [2.75, 3.05) is 11.4 Å². The Balaban J connectivity index is 2.07. The van der Waals surface area contributed by atoms with Crippen LogP contribution in [0.1, 0.15) is 20.3 Å². The van der Waals surface area contributed by atoms with E-state index in [1.54, 1.807) is 29.2 Å². The Labute approximate surface area is 117 Å². The second-order valence-corrected chi connectivity index (χ2v) is 5.48. The summed E-state index contributed by atoms with van der Waals surface area (Å²) in [6.45, 7) is 4.25. The van der Waals surface area contributed by atoms with Crippen LogP contribution < -0.4 is 10.2 Å². The molecule has 0 radical (unpaired) electrons. The molecule has 0 aliphatic carbocycles. The highest BCUT2D eigenvalue weighted by atomic mass is 35.5. The quantitative estimate of drug-likeness (QED) is 0.923. The summed E-state index contributed by atoms with van der Waals surface area (Å²) in [7, 11) is 0. The maximum Gasteiger partial charge on any atom is 0.227 e. The van der Waals surface area contributed by atoms with Gasteiger partial charge in [-0.3, -0.25) is 9.59 Å². The minimum atomic E-state index is -0.273. The van der Waals surface area contributed by atoms with Crippen molar-refractivity contribution < 1.29 is 9.59 Å². The maximum atomic E-state index is 12.0. The van der Waals surface area contributed by atoms with Crippen molar-refractivity contribution in [2.24, 2.45) is 5.92 Å². The minimum absolute atomic E-state index is 0.0220. The molecule has 0 bridgehead atoms. The maximum absolute atomic E-state index is 12.0. The van der Waals surface area contributed by atoms with E-state index in [-0.39, 0.29) is 30.2 Å². The number of benzene rings is 1. The highest BCUT2D eigenvalue weighted by molar-refractivity contribution is 6.30. The molecule has 1 N–H and O–H groups in total. The van der Waals surface area contributed by atoms with Gasteiger partial charge in [0.1, 0.15) is 0 Å². The number of rotatable bonds is 3. The van der Waals surface area contributed by atoms with Crippen LogP contribution in [0.2, 0.25) is 5.02 Å². The summed E-state index contributed by atoms with van der Waals surface area (Å²) in [4.78, 5) is 25.5. The van der Waals surface area contributed by atoms with Gasteiger partial charge in [-0.15, -0.1) is 0 Å². The molecule has 102 valence electrons. The van der Waals surface area contributed by atoms with Crippen LogP contribution in [0.5, 0.6) is 0 Å². The predicted octanol–water partition coefficient (Wildman–Crippen LogP) is 2.22. The molecular weight excluding hydrogens is 264 g/mol. The largest absolute Gasteiger partial charge is 0.354 e. The monoisotopic (exact) mass is 280 g/mol. The number of amides is 2. The lowest BCUT2D eigenvalue weighted by atomic mass is 10.1. The van der Waals surface area contributed by atoms with Crippen LogP contribution in [0, 0.1) is 5.92 Å². The lowest BCUT2D eigenvalue weighted by Crippen LogP contribution is -2.36. The normalized spacial score (nSPS) is 19.1. The van der Waals surface area contributed by atoms with Crippen molar-refractivity contribution in [3.05, 3.63) is 29.3 Å². The van der Waals surface area contributed by atoms with Crippen molar-refractivity contribution in [1.29, 1.82) is 0 Å². The number of anilines is 1. The van der Waals surface area contributed by atoms with Crippen molar-refractivity contribution in [3.8, 4) is 0 Å². The molecule has 5 heteroatoms. The smallest absolute Gasteiger partial charge is 0.227 e. The van der Waals surface area contributed by atoms with E-state index < -0.39 is 0 Å². The molecule has 2 rings (SSSR count). The third-order valence-corrected chi connectivity index (χ3v) is 3.32. The van der Waals surface area contributed by atoms with Crippen molar-refractivity contribution in [1.82, 2.24) is 5.32 Å². The number of nitrogens with one attached hydrogen (secondary N) is 1. The van der Waals surface area contributed by atoms with Gasteiger partial charge in [0.05, 0.1) is 5.92 Å². The molecule has 1 saturated heterocycles. The Hall–Kier alpha value is -1.55. The fraction of sp³-hybridized carbons (Fsp3) is 0.429. The van der Waals surface area contributed by atoms with Crippen LogP contribution in [0.4, 0.5) is 5.69 Å². The van der Waals surface area contributed by atoms with E-state index in [1.807, 2.05) is 13.8 Å². The molecule has 19 heavy (non-hydrogen) atoms. The van der Waals surface area contributed by atoms with Gasteiger partial charge in [-0.25, -0.2) is 0 Å². The van der Waals surface area contributed by atoms with Crippen LogP contribution in [0.15, 0.2) is 24.3 Å². The summed E-state index contributed by atoms with van der Waals surface area (Å²) >= 11 is 5.82. The summed E-state index contributed by atoms with van der Waals surface area (Å²) in [5.41, 5.74) is 0.786. The van der Waals surface area contributed by atoms with Crippen molar-refractivity contribution in [2.45, 2.75) is 26.3 Å². The molecule has 1 aromatic rings. The SMILES string of the molecule is CC(C)NC(=O)[C@H]1CC(=O)N(c2ccc(Cl)cc2)C1. The van der Waals surface area contributed by atoms with Crippen LogP contribution in [-0.4, -0.2) is 24.4 Å². The molecule has 1 aliphatic rings. The third-order valence-electron chi connectivity index (χ3n) is 3.07. The second-order valence-electron chi connectivity index (χ2n) is 5.05. The van der Waals surface area contributed by atoms with Gasteiger partial charge in [0.15, 0.2) is 0 Å². The van der Waals surface area contributed by atoms with Gasteiger partial charge in [-0.05, 0) is 38.1 Å². The summed E-state index contributed by atoms with van der Waals surface area (Å²) in [6.07, 6.45) is 0.265. The van der Waals surface area contributed by atoms with Crippen LogP contribution in [0.3, 0.4) is 0 Å². The standard InChI is InChI=1S/C14H17ClN2O2/c1-9(2)16-14(19)10-7-13(18)17(8-10)12-5-3-11(15)4-6-12/h3-6,9-10H,7-8H2,1-2H3,(H,16,19)/t10-/m0/s1. The lowest BCUT2D eigenvalue weighted by molar-refractivity contribution is -0.126. The third kappa shape index (κ3) is 3.26. The summed E-state index contributed by atoms with van der Waals surface area (Å²) in [5, 5.41) is 3.48. The van der Waals surface area contributed by atoms with E-state index in [0.29, 0.717) is 11.6 Å². The Bertz CT molecular complexity index is 485. The Morgan fingerprint density at radius 3 is 2.58 bits per heavy atom. The number of carbonyl (C=O) groups excluding carboxylic acids is 2. The first-order valence-electron chi connectivity index (χ1n) is 6.33. The van der Waals surface area contributed by atoms with E-state index >= 15 is 0 Å². The first-order chi connectivity index (χ1) is 8.97. The van der Waals surface area contributed by atoms with Crippen LogP contribution in [-0.2, 0) is 9.59 Å². The van der Waals surface area contributed by atoms with E-state index in [9.17, 15) is 9.59 Å². The molecular formula is C14H17ClN2O2. The van der Waals surface area contributed by atoms with Gasteiger partial charge in [-0.1, -0.05) is 11.6 Å². The predicted molar refractivity (Wildman–Crippen MR) is 75.2 cm³/mol. The molecule has 0 aromatic heterocycles. The minimum Gasteiger partial charge on any atom is -0.354 e. The Kier molecular flexibility index (Phi) is 4.10. The zero-order valence-corrected chi connectivity index (χ0v) is 11.8. The van der Waals surface area contributed by atoms with E-state index in [0.717, 1.165) is 5.69 Å². The molecule has 1 aliphatic heterocycles. The summed E-state index contributed by atoms with van der Waals surface area (Å²) < 4.78 is 0. The van der Waals surface area contributed by atoms with E-state index in [2.05, 4.69) is 5.32 Å². The molecule has 1 fully saturated rings. The van der Waals surface area contributed by atoms with Gasteiger partial charge >= 0.3 is 0 Å². The molecule has 2 amide bonds. The highest BCUT2D eigenvalue weighted by Crippen LogP contribution is 2.26. The number of hydrogen-bond donors (Lipinski definition) is 1. The lowest BCUT2D eigenvalue weighted by Gasteiger charge is -2.17. The molecule has 1 aromatic carbocycles. The summed E-state index contributed by atoms with van der Waals surface area (Å²) in [6, 6.07) is 7.16. The molecule has 4 nitrogen and oxygen atoms in total. The zero-order chi connectivity index (χ0) is 14.0. The van der Waals surface area contributed by atoms with Crippen molar-refractivity contribution in [3.63, 3.8) is 0 Å². The summed E-state index contributed by atoms with van der Waals surface area (Å²) in [5.74, 6) is -0.350. The average Bonchev–Trinajstić information content (AvgIpc) is 2.72. The number of nitrogens with zero attached hydrogens (tertiary/aromatic N) is 1. The topological polar surface area (TPSA) is 49.4 Å². The van der Waals surface area contributed by atoms with Gasteiger partial charge in [-0.2, -0.15) is 0 Å². The Morgan fingerprint density at radius 1 is 1.37 bits per heavy atom. The van der Waals surface area contributed by atoms with Crippen LogP contribution >= 0.6 is 11.6 Å². The van der Waals surface area contributed by atoms with Gasteiger partial charge in [0.25, 0.3) is 0 Å². The molecule has 1 heterocycles.